The molecule has 0 fully saturated rings. The molecule has 0 saturated heterocycles. The van der Waals surface area contributed by atoms with Gasteiger partial charge >= 0.3 is 0 Å². The van der Waals surface area contributed by atoms with Crippen molar-refractivity contribution in [2.75, 3.05) is 11.9 Å². The predicted octanol–water partition coefficient (Wildman–Crippen LogP) is 0.218. The average Bonchev–Trinajstić information content (AvgIpc) is 3.05. The highest BCUT2D eigenvalue weighted by Gasteiger charge is 2.03. The molecule has 18 heavy (non-hydrogen) atoms. The zero-order valence-electron chi connectivity index (χ0n) is 9.64. The molecular formula is C10H12N8. The molecule has 1 N–H and O–H groups in total. The molecule has 0 spiro atoms. The summed E-state index contributed by atoms with van der Waals surface area (Å²) in [6.07, 6.45) is 9.63. The number of anilines is 1. The number of nitrogens with zero attached hydrogens (tertiary/aromatic N) is 7. The van der Waals surface area contributed by atoms with Crippen molar-refractivity contribution in [1.29, 1.82) is 0 Å². The molecule has 0 aliphatic heterocycles. The van der Waals surface area contributed by atoms with E-state index in [-0.39, 0.29) is 0 Å². The minimum atomic E-state index is 0.734. The van der Waals surface area contributed by atoms with Gasteiger partial charge in [0.2, 0.25) is 5.65 Å². The Hall–Kier alpha value is -2.51. The van der Waals surface area contributed by atoms with E-state index in [2.05, 4.69) is 30.8 Å². The van der Waals surface area contributed by atoms with E-state index in [0.29, 0.717) is 0 Å². The highest BCUT2D eigenvalue weighted by molar-refractivity contribution is 5.61. The van der Waals surface area contributed by atoms with E-state index < -0.39 is 0 Å². The normalized spacial score (nSPS) is 10.9. The fourth-order valence-electron chi connectivity index (χ4n) is 1.68. The number of fused-ring (bicyclic) bond motifs is 1. The molecule has 0 amide bonds. The van der Waals surface area contributed by atoms with E-state index in [9.17, 15) is 0 Å². The molecule has 0 radical (unpaired) electrons. The molecule has 8 heteroatoms. The second kappa shape index (κ2) is 4.78. The molecule has 3 rings (SSSR count). The summed E-state index contributed by atoms with van der Waals surface area (Å²) in [6.45, 7) is 1.61. The third kappa shape index (κ3) is 2.12. The van der Waals surface area contributed by atoms with Gasteiger partial charge < -0.3 is 5.32 Å². The monoisotopic (exact) mass is 244 g/mol. The maximum absolute atomic E-state index is 4.24. The van der Waals surface area contributed by atoms with Crippen molar-refractivity contribution in [3.05, 3.63) is 31.1 Å². The molecule has 0 atom stereocenters. The molecule has 0 aromatic carbocycles. The number of hydrogen-bond donors (Lipinski definition) is 1. The van der Waals surface area contributed by atoms with Crippen molar-refractivity contribution in [1.82, 2.24) is 34.6 Å². The summed E-state index contributed by atoms with van der Waals surface area (Å²) in [6, 6.07) is 0. The van der Waals surface area contributed by atoms with E-state index in [1.807, 2.05) is 16.8 Å². The Balaban J connectivity index is 1.58. The lowest BCUT2D eigenvalue weighted by atomic mass is 10.4. The van der Waals surface area contributed by atoms with Gasteiger partial charge in [0.05, 0.1) is 6.20 Å². The van der Waals surface area contributed by atoms with Gasteiger partial charge in [0.15, 0.2) is 5.82 Å². The first-order valence-corrected chi connectivity index (χ1v) is 5.66. The fourth-order valence-corrected chi connectivity index (χ4v) is 1.68. The van der Waals surface area contributed by atoms with Gasteiger partial charge in [-0.1, -0.05) is 5.21 Å². The summed E-state index contributed by atoms with van der Waals surface area (Å²) in [5.74, 6) is 0.744. The quantitative estimate of drug-likeness (QED) is 0.646. The van der Waals surface area contributed by atoms with Crippen LogP contribution in [0, 0.1) is 0 Å². The highest BCUT2D eigenvalue weighted by atomic mass is 15.4. The summed E-state index contributed by atoms with van der Waals surface area (Å²) in [7, 11) is 0. The summed E-state index contributed by atoms with van der Waals surface area (Å²) in [5.41, 5.74) is 0.734. The molecule has 8 nitrogen and oxygen atoms in total. The third-order valence-corrected chi connectivity index (χ3v) is 2.54. The van der Waals surface area contributed by atoms with Crippen LogP contribution in [0.2, 0.25) is 0 Å². The standard InChI is InChI=1S/C10H12N8/c1(5-18-7-4-13-16-18)2-11-9-10-15-14-8-17(10)6-3-12-9/h3-4,6-8H,1-2,5H2,(H,11,12). The second-order valence-electron chi connectivity index (χ2n) is 3.78. The average molecular weight is 244 g/mol. The van der Waals surface area contributed by atoms with Gasteiger partial charge in [-0.15, -0.1) is 15.3 Å². The molecule has 0 aliphatic carbocycles. The molecule has 0 aliphatic rings. The SMILES string of the molecule is c1cn(CCCNc2nccn3cnnc23)nn1. The van der Waals surface area contributed by atoms with E-state index in [4.69, 9.17) is 0 Å². The van der Waals surface area contributed by atoms with Crippen molar-refractivity contribution in [3.63, 3.8) is 0 Å². The van der Waals surface area contributed by atoms with Gasteiger partial charge in [-0.05, 0) is 6.42 Å². The lowest BCUT2D eigenvalue weighted by Gasteiger charge is -2.05. The van der Waals surface area contributed by atoms with Crippen molar-refractivity contribution >= 4 is 11.5 Å². The number of aryl methyl sites for hydroxylation is 1. The van der Waals surface area contributed by atoms with Gasteiger partial charge in [-0.25, -0.2) is 4.98 Å². The van der Waals surface area contributed by atoms with Crippen molar-refractivity contribution in [2.45, 2.75) is 13.0 Å². The Kier molecular flexibility index (Phi) is 2.82. The first-order valence-electron chi connectivity index (χ1n) is 5.66. The predicted molar refractivity (Wildman–Crippen MR) is 63.9 cm³/mol. The van der Waals surface area contributed by atoms with Crippen LogP contribution in [0.3, 0.4) is 0 Å². The van der Waals surface area contributed by atoms with Crippen LogP contribution in [0.1, 0.15) is 6.42 Å². The molecule has 0 bridgehead atoms. The largest absolute Gasteiger partial charge is 0.367 e. The summed E-state index contributed by atoms with van der Waals surface area (Å²) in [5, 5.41) is 18.7. The highest BCUT2D eigenvalue weighted by Crippen LogP contribution is 2.09. The van der Waals surface area contributed by atoms with Crippen LogP contribution < -0.4 is 5.32 Å². The molecule has 0 unspecified atom stereocenters. The van der Waals surface area contributed by atoms with E-state index in [1.54, 1.807) is 23.4 Å². The molecule has 3 aromatic rings. The third-order valence-electron chi connectivity index (χ3n) is 2.54. The Morgan fingerprint density at radius 3 is 3.06 bits per heavy atom. The fraction of sp³-hybridized carbons (Fsp3) is 0.300. The molecule has 0 saturated carbocycles. The van der Waals surface area contributed by atoms with Crippen LogP contribution in [0.15, 0.2) is 31.1 Å². The number of aromatic nitrogens is 7. The van der Waals surface area contributed by atoms with Gasteiger partial charge in [0, 0.05) is 31.7 Å². The Morgan fingerprint density at radius 1 is 1.17 bits per heavy atom. The van der Waals surface area contributed by atoms with Gasteiger partial charge in [0.1, 0.15) is 6.33 Å². The van der Waals surface area contributed by atoms with Gasteiger partial charge in [0.25, 0.3) is 0 Å². The van der Waals surface area contributed by atoms with Crippen molar-refractivity contribution < 1.29 is 0 Å². The summed E-state index contributed by atoms with van der Waals surface area (Å²) < 4.78 is 3.62. The molecular weight excluding hydrogens is 232 g/mol. The number of rotatable bonds is 5. The van der Waals surface area contributed by atoms with Crippen LogP contribution in [0.25, 0.3) is 5.65 Å². The van der Waals surface area contributed by atoms with E-state index in [1.165, 1.54) is 0 Å². The smallest absolute Gasteiger partial charge is 0.203 e. The Bertz CT molecular complexity index is 614. The van der Waals surface area contributed by atoms with E-state index >= 15 is 0 Å². The zero-order chi connectivity index (χ0) is 12.2. The van der Waals surface area contributed by atoms with Crippen LogP contribution in [0.4, 0.5) is 5.82 Å². The van der Waals surface area contributed by atoms with E-state index in [0.717, 1.165) is 31.0 Å². The topological polar surface area (TPSA) is 85.8 Å². The first kappa shape index (κ1) is 10.6. The maximum Gasteiger partial charge on any atom is 0.203 e. The minimum absolute atomic E-state index is 0.734. The lowest BCUT2D eigenvalue weighted by Crippen LogP contribution is -2.09. The van der Waals surface area contributed by atoms with Gasteiger partial charge in [-0.2, -0.15) is 0 Å². The second-order valence-corrected chi connectivity index (χ2v) is 3.78. The van der Waals surface area contributed by atoms with Crippen molar-refractivity contribution in [2.24, 2.45) is 0 Å². The zero-order valence-corrected chi connectivity index (χ0v) is 9.64. The summed E-state index contributed by atoms with van der Waals surface area (Å²) in [4.78, 5) is 4.24. The summed E-state index contributed by atoms with van der Waals surface area (Å²) >= 11 is 0. The van der Waals surface area contributed by atoms with Crippen LogP contribution in [-0.4, -0.2) is 41.1 Å². The first-order chi connectivity index (χ1) is 8.93. The lowest BCUT2D eigenvalue weighted by molar-refractivity contribution is 0.569. The van der Waals surface area contributed by atoms with Crippen LogP contribution in [-0.2, 0) is 6.54 Å². The number of nitrogens with one attached hydrogen (secondary N) is 1. The van der Waals surface area contributed by atoms with Crippen LogP contribution >= 0.6 is 0 Å². The Labute approximate surface area is 103 Å². The van der Waals surface area contributed by atoms with Crippen LogP contribution in [0.5, 0.6) is 0 Å². The Morgan fingerprint density at radius 2 is 2.17 bits per heavy atom. The van der Waals surface area contributed by atoms with Gasteiger partial charge in [-0.3, -0.25) is 9.08 Å². The maximum atomic E-state index is 4.24. The minimum Gasteiger partial charge on any atom is -0.367 e. The molecule has 3 aromatic heterocycles. The number of hydrogen-bond acceptors (Lipinski definition) is 6. The van der Waals surface area contributed by atoms with Crippen molar-refractivity contribution in [3.8, 4) is 0 Å². The molecule has 3 heterocycles. The molecule has 92 valence electrons.